The Morgan fingerprint density at radius 1 is 0.525 bits per heavy atom. The molecule has 0 fully saturated rings. The fourth-order valence-electron chi connectivity index (χ4n) is 5.57. The van der Waals surface area contributed by atoms with Gasteiger partial charge in [0.1, 0.15) is 0 Å². The van der Waals surface area contributed by atoms with Crippen LogP contribution in [0.3, 0.4) is 0 Å². The number of aryl methyl sites for hydroxylation is 4. The van der Waals surface area contributed by atoms with Gasteiger partial charge in [-0.15, -0.1) is 0 Å². The van der Waals surface area contributed by atoms with Gasteiger partial charge in [-0.1, -0.05) is 102 Å². The fraction of sp³-hybridized carbons (Fsp3) is 0.324. The van der Waals surface area contributed by atoms with Gasteiger partial charge in [-0.2, -0.15) is 0 Å². The summed E-state index contributed by atoms with van der Waals surface area (Å²) in [5, 5.41) is 2.47. The molecular weight excluding hydrogens is 531 g/mol. The normalized spacial score (nSPS) is 14.9. The second-order valence-corrected chi connectivity index (χ2v) is 13.0. The summed E-state index contributed by atoms with van der Waals surface area (Å²) >= 11 is 0. The SMILES string of the molecule is Cc1cc(C(C)(C)C)cc(C)c1N=C1C(=Nc2c(C)cc(C(C)(C)C)cc2C)c2cccc3cccc1c23.[CH3-].[Ni]. The molecule has 3 heteroatoms. The van der Waals surface area contributed by atoms with Gasteiger partial charge in [0.15, 0.2) is 0 Å². The first kappa shape index (κ1) is 31.5. The van der Waals surface area contributed by atoms with E-state index in [0.29, 0.717) is 0 Å². The molecule has 5 rings (SSSR count). The van der Waals surface area contributed by atoms with Crippen LogP contribution in [0.1, 0.15) is 86.1 Å². The third-order valence-electron chi connectivity index (χ3n) is 7.80. The molecule has 2 nitrogen and oxygen atoms in total. The maximum absolute atomic E-state index is 5.40. The maximum atomic E-state index is 5.40. The number of hydrogen-bond donors (Lipinski definition) is 0. The van der Waals surface area contributed by atoms with Crippen molar-refractivity contribution in [1.29, 1.82) is 0 Å². The van der Waals surface area contributed by atoms with Gasteiger partial charge in [-0.3, -0.25) is 0 Å². The molecule has 0 heterocycles. The van der Waals surface area contributed by atoms with Crippen LogP contribution in [-0.4, -0.2) is 11.4 Å². The van der Waals surface area contributed by atoms with E-state index in [1.807, 2.05) is 0 Å². The zero-order chi connectivity index (χ0) is 27.6. The Labute approximate surface area is 252 Å². The average Bonchev–Trinajstić information content (AvgIpc) is 3.11. The van der Waals surface area contributed by atoms with E-state index in [1.54, 1.807) is 0 Å². The minimum Gasteiger partial charge on any atom is -0.358 e. The van der Waals surface area contributed by atoms with Crippen molar-refractivity contribution in [2.45, 2.75) is 80.1 Å². The summed E-state index contributed by atoms with van der Waals surface area (Å²) in [5.74, 6) is 0. The van der Waals surface area contributed by atoms with E-state index < -0.39 is 0 Å². The van der Waals surface area contributed by atoms with Crippen molar-refractivity contribution in [2.75, 3.05) is 0 Å². The zero-order valence-electron chi connectivity index (χ0n) is 26.0. The van der Waals surface area contributed by atoms with Gasteiger partial charge in [0.25, 0.3) is 0 Å². The van der Waals surface area contributed by atoms with Gasteiger partial charge in [-0.25, -0.2) is 9.98 Å². The van der Waals surface area contributed by atoms with Crippen molar-refractivity contribution in [3.8, 4) is 0 Å². The number of aliphatic imine (C=N–C) groups is 2. The molecular formula is C37H43N2Ni-. The number of benzene rings is 4. The Bertz CT molecular complexity index is 1490. The van der Waals surface area contributed by atoms with Crippen LogP contribution in [0, 0.1) is 35.1 Å². The van der Waals surface area contributed by atoms with Gasteiger partial charge >= 0.3 is 0 Å². The zero-order valence-corrected chi connectivity index (χ0v) is 27.0. The molecule has 0 radical (unpaired) electrons. The van der Waals surface area contributed by atoms with Crippen LogP contribution in [0.4, 0.5) is 11.4 Å². The summed E-state index contributed by atoms with van der Waals surface area (Å²) in [5.41, 5.74) is 14.0. The van der Waals surface area contributed by atoms with Gasteiger partial charge < -0.3 is 7.43 Å². The molecule has 0 unspecified atom stereocenters. The average molecular weight is 574 g/mol. The molecule has 40 heavy (non-hydrogen) atoms. The summed E-state index contributed by atoms with van der Waals surface area (Å²) in [6.07, 6.45) is 0. The molecule has 0 N–H and O–H groups in total. The van der Waals surface area contributed by atoms with Crippen molar-refractivity contribution < 1.29 is 16.5 Å². The second-order valence-electron chi connectivity index (χ2n) is 13.0. The van der Waals surface area contributed by atoms with Gasteiger partial charge in [0.2, 0.25) is 0 Å². The van der Waals surface area contributed by atoms with Crippen LogP contribution in [0.15, 0.2) is 70.6 Å². The van der Waals surface area contributed by atoms with Crippen molar-refractivity contribution in [3.63, 3.8) is 0 Å². The van der Waals surface area contributed by atoms with E-state index in [4.69, 9.17) is 9.98 Å². The fourth-order valence-corrected chi connectivity index (χ4v) is 5.57. The molecule has 0 atom stereocenters. The van der Waals surface area contributed by atoms with Crippen molar-refractivity contribution >= 4 is 33.6 Å². The van der Waals surface area contributed by atoms with Gasteiger partial charge in [0.05, 0.1) is 22.8 Å². The van der Waals surface area contributed by atoms with E-state index in [9.17, 15) is 0 Å². The summed E-state index contributed by atoms with van der Waals surface area (Å²) in [4.78, 5) is 10.8. The van der Waals surface area contributed by atoms with Crippen molar-refractivity contribution in [1.82, 2.24) is 0 Å². The Morgan fingerprint density at radius 2 is 0.850 bits per heavy atom. The standard InChI is InChI=1S/C36H40N2.CH3.Ni/c1-21-17-26(35(5,6)7)18-22(2)31(21)37-33-28-15-11-13-25-14-12-16-29(30(25)28)34(33)38-32-23(3)19-27(20-24(32)4)36(8,9)10;;/h11-20H,1-10H3;1H3;/q;-1;. The summed E-state index contributed by atoms with van der Waals surface area (Å²) in [7, 11) is 0. The minimum absolute atomic E-state index is 0. The van der Waals surface area contributed by atoms with Gasteiger partial charge in [-0.05, 0) is 77.3 Å². The Morgan fingerprint density at radius 3 is 1.15 bits per heavy atom. The first-order valence-corrected chi connectivity index (χ1v) is 13.7. The molecule has 212 valence electrons. The maximum Gasteiger partial charge on any atom is 0.0979 e. The van der Waals surface area contributed by atoms with Crippen molar-refractivity contribution in [3.05, 3.63) is 113 Å². The molecule has 0 saturated heterocycles. The molecule has 4 aromatic rings. The van der Waals surface area contributed by atoms with Gasteiger partial charge in [0, 0.05) is 33.0 Å². The molecule has 0 amide bonds. The van der Waals surface area contributed by atoms with Crippen LogP contribution < -0.4 is 0 Å². The van der Waals surface area contributed by atoms with Crippen LogP contribution >= 0.6 is 0 Å². The molecule has 4 aromatic carbocycles. The van der Waals surface area contributed by atoms with E-state index >= 15 is 0 Å². The molecule has 0 aromatic heterocycles. The first-order valence-electron chi connectivity index (χ1n) is 13.7. The molecule has 0 aliphatic heterocycles. The molecule has 0 spiro atoms. The predicted molar refractivity (Wildman–Crippen MR) is 172 cm³/mol. The molecule has 0 bridgehead atoms. The summed E-state index contributed by atoms with van der Waals surface area (Å²) in [6.45, 7) is 22.3. The van der Waals surface area contributed by atoms with E-state index in [-0.39, 0.29) is 34.7 Å². The van der Waals surface area contributed by atoms with E-state index in [1.165, 1.54) is 44.2 Å². The minimum atomic E-state index is 0. The van der Waals surface area contributed by atoms with Crippen LogP contribution in [-0.2, 0) is 27.3 Å². The number of rotatable bonds is 2. The van der Waals surface area contributed by atoms with Crippen LogP contribution in [0.2, 0.25) is 0 Å². The Kier molecular flexibility index (Phi) is 8.74. The number of hydrogen-bond acceptors (Lipinski definition) is 2. The molecule has 1 aliphatic carbocycles. The largest absolute Gasteiger partial charge is 0.358 e. The van der Waals surface area contributed by atoms with Crippen molar-refractivity contribution in [2.24, 2.45) is 9.98 Å². The smallest absolute Gasteiger partial charge is 0.0979 e. The summed E-state index contributed by atoms with van der Waals surface area (Å²) < 4.78 is 0. The number of nitrogens with zero attached hydrogens (tertiary/aromatic N) is 2. The predicted octanol–water partition coefficient (Wildman–Crippen LogP) is 10.4. The molecule has 1 aliphatic rings. The monoisotopic (exact) mass is 573 g/mol. The van der Waals surface area contributed by atoms with Crippen LogP contribution in [0.5, 0.6) is 0 Å². The quantitative estimate of drug-likeness (QED) is 0.168. The first-order chi connectivity index (χ1) is 17.8. The van der Waals surface area contributed by atoms with Crippen LogP contribution in [0.25, 0.3) is 10.8 Å². The Balaban J connectivity index is 0.00000220. The molecule has 0 saturated carbocycles. The van der Waals surface area contributed by atoms with E-state index in [0.717, 1.165) is 33.9 Å². The third kappa shape index (κ3) is 5.59. The Hall–Kier alpha value is -3.03. The summed E-state index contributed by atoms with van der Waals surface area (Å²) in [6, 6.07) is 22.2. The third-order valence-corrected chi connectivity index (χ3v) is 7.80. The topological polar surface area (TPSA) is 24.7 Å². The second kappa shape index (κ2) is 11.1. The van der Waals surface area contributed by atoms with E-state index in [2.05, 4.69) is 130 Å².